The van der Waals surface area contributed by atoms with E-state index in [2.05, 4.69) is 6.58 Å². The Labute approximate surface area is 162 Å². The van der Waals surface area contributed by atoms with Gasteiger partial charge in [-0.05, 0) is 16.7 Å². The zero-order chi connectivity index (χ0) is 19.0. The third kappa shape index (κ3) is 3.15. The maximum Gasteiger partial charge on any atom is 0.334 e. The highest BCUT2D eigenvalue weighted by molar-refractivity contribution is 8.00. The molecule has 0 spiro atoms. The summed E-state index contributed by atoms with van der Waals surface area (Å²) in [5.41, 5.74) is 8.28. The van der Waals surface area contributed by atoms with Gasteiger partial charge in [-0.15, -0.1) is 11.8 Å². The first kappa shape index (κ1) is 17.8. The molecule has 2 unspecified atom stereocenters. The van der Waals surface area contributed by atoms with Crippen LogP contribution in [0, 0.1) is 0 Å². The van der Waals surface area contributed by atoms with Gasteiger partial charge in [0.2, 0.25) is 5.91 Å². The number of carbonyl (C=O) groups is 2. The number of amides is 1. The number of ether oxygens (including phenoxy) is 1. The molecule has 5 nitrogen and oxygen atoms in total. The lowest BCUT2D eigenvalue weighted by Crippen LogP contribution is -2.73. The van der Waals surface area contributed by atoms with E-state index in [0.717, 1.165) is 11.1 Å². The maximum atomic E-state index is 13.1. The normalized spacial score (nSPS) is 24.4. The molecule has 2 saturated heterocycles. The first-order chi connectivity index (χ1) is 13.1. The Hall–Kier alpha value is -2.57. The third-order valence-corrected chi connectivity index (χ3v) is 6.29. The lowest BCUT2D eigenvalue weighted by molar-refractivity contribution is -0.164. The number of nitrogens with zero attached hydrogens (tertiary/aromatic N) is 1. The first-order valence-corrected chi connectivity index (χ1v) is 9.80. The summed E-state index contributed by atoms with van der Waals surface area (Å²) in [7, 11) is 0. The van der Waals surface area contributed by atoms with Gasteiger partial charge in [0.05, 0.1) is 0 Å². The van der Waals surface area contributed by atoms with Gasteiger partial charge in [-0.3, -0.25) is 4.79 Å². The molecule has 2 aromatic rings. The number of hydrogen-bond donors (Lipinski definition) is 1. The van der Waals surface area contributed by atoms with E-state index in [-0.39, 0.29) is 11.3 Å². The quantitative estimate of drug-likeness (QED) is 0.501. The number of rotatable bonds is 4. The van der Waals surface area contributed by atoms with Crippen molar-refractivity contribution in [3.05, 3.63) is 83.9 Å². The molecule has 0 bridgehead atoms. The monoisotopic (exact) mass is 380 g/mol. The first-order valence-electron chi connectivity index (χ1n) is 8.75. The van der Waals surface area contributed by atoms with E-state index in [1.807, 2.05) is 60.7 Å². The van der Waals surface area contributed by atoms with Gasteiger partial charge in [0.1, 0.15) is 11.4 Å². The van der Waals surface area contributed by atoms with Gasteiger partial charge in [0, 0.05) is 5.75 Å². The number of carbonyl (C=O) groups excluding carboxylic acids is 2. The molecule has 4 rings (SSSR count). The Morgan fingerprint density at radius 1 is 1.11 bits per heavy atom. The fourth-order valence-corrected chi connectivity index (χ4v) is 4.73. The largest absolute Gasteiger partial charge is 0.451 e. The van der Waals surface area contributed by atoms with Crippen molar-refractivity contribution >= 4 is 23.6 Å². The lowest BCUT2D eigenvalue weighted by Gasteiger charge is -2.51. The van der Waals surface area contributed by atoms with E-state index in [1.165, 1.54) is 16.7 Å². The Morgan fingerprint density at radius 3 is 2.22 bits per heavy atom. The Bertz CT molecular complexity index is 832. The molecule has 2 N–H and O–H groups in total. The number of esters is 1. The zero-order valence-corrected chi connectivity index (χ0v) is 15.5. The van der Waals surface area contributed by atoms with Crippen molar-refractivity contribution < 1.29 is 14.3 Å². The van der Waals surface area contributed by atoms with Gasteiger partial charge < -0.3 is 15.4 Å². The molecule has 2 heterocycles. The lowest BCUT2D eigenvalue weighted by atomic mass is 9.98. The minimum absolute atomic E-state index is 0.188. The Balaban J connectivity index is 1.62. The molecule has 0 saturated carbocycles. The second-order valence-electron chi connectivity index (χ2n) is 6.67. The van der Waals surface area contributed by atoms with Crippen molar-refractivity contribution in [2.24, 2.45) is 5.73 Å². The molecule has 1 amide bonds. The summed E-state index contributed by atoms with van der Waals surface area (Å²) in [5, 5.41) is -0.188. The van der Waals surface area contributed by atoms with Crippen LogP contribution in [0.15, 0.2) is 72.8 Å². The summed E-state index contributed by atoms with van der Waals surface area (Å²) in [6, 6.07) is 17.8. The fraction of sp³-hybridized carbons (Fsp3) is 0.238. The molecule has 0 aliphatic carbocycles. The topological polar surface area (TPSA) is 72.6 Å². The van der Waals surface area contributed by atoms with Crippen molar-refractivity contribution in [1.29, 1.82) is 0 Å². The summed E-state index contributed by atoms with van der Waals surface area (Å²) in [6.07, 6.45) is -0.550. The highest BCUT2D eigenvalue weighted by Gasteiger charge is 2.54. The SMILES string of the molecule is C=C1CS[C@@H]2C(N)C(=O)N2C1C(=O)OC(c1ccccc1)c1ccccc1. The highest BCUT2D eigenvalue weighted by Crippen LogP contribution is 2.40. The van der Waals surface area contributed by atoms with Crippen LogP contribution < -0.4 is 5.73 Å². The predicted molar refractivity (Wildman–Crippen MR) is 105 cm³/mol. The van der Waals surface area contributed by atoms with Crippen LogP contribution in [0.4, 0.5) is 0 Å². The molecule has 6 heteroatoms. The van der Waals surface area contributed by atoms with Gasteiger partial charge in [-0.1, -0.05) is 67.2 Å². The van der Waals surface area contributed by atoms with E-state index < -0.39 is 24.2 Å². The molecule has 2 aliphatic rings. The third-order valence-electron chi connectivity index (χ3n) is 4.89. The summed E-state index contributed by atoms with van der Waals surface area (Å²) in [6.45, 7) is 3.99. The van der Waals surface area contributed by atoms with Crippen molar-refractivity contribution in [3.8, 4) is 0 Å². The molecular weight excluding hydrogens is 360 g/mol. The van der Waals surface area contributed by atoms with Gasteiger partial charge >= 0.3 is 5.97 Å². The van der Waals surface area contributed by atoms with E-state index in [1.54, 1.807) is 0 Å². The second-order valence-corrected chi connectivity index (χ2v) is 7.78. The summed E-state index contributed by atoms with van der Waals surface area (Å²) in [5.74, 6) is -0.113. The van der Waals surface area contributed by atoms with Gasteiger partial charge in [0.15, 0.2) is 12.1 Å². The standard InChI is InChI=1S/C21H20N2O3S/c1-13-12-27-20-16(22)19(24)23(20)17(13)21(25)26-18(14-8-4-2-5-9-14)15-10-6-3-7-11-15/h2-11,16-18,20H,1,12,22H2/t16?,17?,20-/m1/s1. The molecule has 0 aromatic heterocycles. The summed E-state index contributed by atoms with van der Waals surface area (Å²) >= 11 is 1.54. The molecular formula is C21H20N2O3S. The molecule has 3 atom stereocenters. The number of benzene rings is 2. The Morgan fingerprint density at radius 2 is 1.67 bits per heavy atom. The average molecular weight is 380 g/mol. The molecule has 2 fully saturated rings. The fourth-order valence-electron chi connectivity index (χ4n) is 3.48. The average Bonchev–Trinajstić information content (AvgIpc) is 2.72. The molecule has 2 aliphatic heterocycles. The van der Waals surface area contributed by atoms with E-state index >= 15 is 0 Å². The highest BCUT2D eigenvalue weighted by atomic mass is 32.2. The Kier molecular flexibility index (Phi) is 4.76. The van der Waals surface area contributed by atoms with Crippen LogP contribution in [0.25, 0.3) is 0 Å². The predicted octanol–water partition coefficient (Wildman–Crippen LogP) is 2.49. The van der Waals surface area contributed by atoms with Crippen molar-refractivity contribution in [2.45, 2.75) is 23.6 Å². The number of fused-ring (bicyclic) bond motifs is 1. The minimum Gasteiger partial charge on any atom is -0.451 e. The van der Waals surface area contributed by atoms with Crippen molar-refractivity contribution in [2.75, 3.05) is 5.75 Å². The van der Waals surface area contributed by atoms with Crippen LogP contribution in [0.1, 0.15) is 17.2 Å². The molecule has 138 valence electrons. The van der Waals surface area contributed by atoms with Crippen LogP contribution in [-0.4, -0.2) is 40.0 Å². The smallest absolute Gasteiger partial charge is 0.334 e. The summed E-state index contributed by atoms with van der Waals surface area (Å²) in [4.78, 5) is 26.8. The number of β-lactam (4-membered cyclic amide) rings is 1. The van der Waals surface area contributed by atoms with Crippen molar-refractivity contribution in [3.63, 3.8) is 0 Å². The number of nitrogens with two attached hydrogens (primary N) is 1. The minimum atomic E-state index is -0.779. The van der Waals surface area contributed by atoms with Crippen LogP contribution >= 0.6 is 11.8 Å². The number of hydrogen-bond acceptors (Lipinski definition) is 5. The van der Waals surface area contributed by atoms with E-state index in [0.29, 0.717) is 11.3 Å². The van der Waals surface area contributed by atoms with Gasteiger partial charge in [-0.25, -0.2) is 4.79 Å². The molecule has 2 aromatic carbocycles. The number of thioether (sulfide) groups is 1. The van der Waals surface area contributed by atoms with Crippen LogP contribution in [0.5, 0.6) is 0 Å². The van der Waals surface area contributed by atoms with Crippen LogP contribution in [0.2, 0.25) is 0 Å². The maximum absolute atomic E-state index is 13.1. The van der Waals surface area contributed by atoms with Crippen LogP contribution in [-0.2, 0) is 14.3 Å². The van der Waals surface area contributed by atoms with Crippen LogP contribution in [0.3, 0.4) is 0 Å². The van der Waals surface area contributed by atoms with E-state index in [4.69, 9.17) is 10.5 Å². The molecule has 0 radical (unpaired) electrons. The second kappa shape index (κ2) is 7.21. The van der Waals surface area contributed by atoms with Gasteiger partial charge in [0.25, 0.3) is 0 Å². The summed E-state index contributed by atoms with van der Waals surface area (Å²) < 4.78 is 5.92. The molecule has 27 heavy (non-hydrogen) atoms. The van der Waals surface area contributed by atoms with Crippen molar-refractivity contribution in [1.82, 2.24) is 4.90 Å². The van der Waals surface area contributed by atoms with E-state index in [9.17, 15) is 9.59 Å². The zero-order valence-electron chi connectivity index (χ0n) is 14.7. The van der Waals surface area contributed by atoms with Gasteiger partial charge in [-0.2, -0.15) is 0 Å².